The van der Waals surface area contributed by atoms with Crippen LogP contribution >= 0.6 is 11.6 Å². The first-order valence-corrected chi connectivity index (χ1v) is 11.6. The molecular weight excluding hydrogens is 396 g/mol. The minimum Gasteiger partial charge on any atom is -0.445 e. The van der Waals surface area contributed by atoms with E-state index in [1.165, 1.54) is 29.5 Å². The number of ether oxygens (including phenoxy) is 1. The summed E-state index contributed by atoms with van der Waals surface area (Å²) < 4.78 is 5.92. The monoisotopic (exact) mass is 422 g/mol. The van der Waals surface area contributed by atoms with Gasteiger partial charge in [0.25, 0.3) is 0 Å². The summed E-state index contributed by atoms with van der Waals surface area (Å²) in [5.41, 5.74) is 5.10. The highest BCUT2D eigenvalue weighted by Crippen LogP contribution is 2.62. The van der Waals surface area contributed by atoms with E-state index >= 15 is 0 Å². The summed E-state index contributed by atoms with van der Waals surface area (Å²) in [5.74, 6) is 0.534. The quantitative estimate of drug-likeness (QED) is 0.738. The van der Waals surface area contributed by atoms with E-state index < -0.39 is 0 Å². The van der Waals surface area contributed by atoms with Crippen LogP contribution in [-0.4, -0.2) is 36.7 Å². The van der Waals surface area contributed by atoms with Crippen LogP contribution in [0.3, 0.4) is 0 Å². The van der Waals surface area contributed by atoms with Crippen molar-refractivity contribution in [2.45, 2.75) is 44.2 Å². The van der Waals surface area contributed by atoms with Gasteiger partial charge in [-0.25, -0.2) is 4.79 Å². The Hall–Kier alpha value is -2.04. The number of alkyl carbamates (subject to hydrolysis) is 1. The molecular formula is C25H27ClN2O2. The third-order valence-corrected chi connectivity index (χ3v) is 8.01. The number of benzene rings is 2. The van der Waals surface area contributed by atoms with Gasteiger partial charge in [0.2, 0.25) is 0 Å². The van der Waals surface area contributed by atoms with E-state index in [1.54, 1.807) is 0 Å². The van der Waals surface area contributed by atoms with Gasteiger partial charge in [0.05, 0.1) is 6.04 Å². The normalized spacial score (nSPS) is 30.2. The molecule has 1 amide bonds. The summed E-state index contributed by atoms with van der Waals surface area (Å²) in [6.07, 6.45) is 5.48. The number of piperidine rings is 3. The van der Waals surface area contributed by atoms with Crippen molar-refractivity contribution >= 4 is 17.7 Å². The van der Waals surface area contributed by atoms with Crippen molar-refractivity contribution in [3.05, 3.63) is 58.6 Å². The molecule has 1 saturated carbocycles. The average molecular weight is 423 g/mol. The van der Waals surface area contributed by atoms with Crippen molar-refractivity contribution in [2.24, 2.45) is 11.3 Å². The number of carbonyl (C=O) groups is 1. The lowest BCUT2D eigenvalue weighted by molar-refractivity contribution is -0.0344. The van der Waals surface area contributed by atoms with Gasteiger partial charge in [-0.1, -0.05) is 41.9 Å². The van der Waals surface area contributed by atoms with E-state index in [2.05, 4.69) is 34.5 Å². The Morgan fingerprint density at radius 1 is 1.10 bits per heavy atom. The van der Waals surface area contributed by atoms with Crippen molar-refractivity contribution < 1.29 is 9.53 Å². The molecule has 2 aliphatic carbocycles. The van der Waals surface area contributed by atoms with Gasteiger partial charge < -0.3 is 10.1 Å². The molecule has 2 bridgehead atoms. The van der Waals surface area contributed by atoms with Crippen LogP contribution in [0.1, 0.15) is 42.9 Å². The molecule has 0 aromatic heterocycles. The molecule has 5 aliphatic rings. The van der Waals surface area contributed by atoms with Crippen LogP contribution in [0.4, 0.5) is 4.79 Å². The fraction of sp³-hybridized carbons (Fsp3) is 0.480. The first-order valence-electron chi connectivity index (χ1n) is 11.2. The summed E-state index contributed by atoms with van der Waals surface area (Å²) in [5, 5.41) is 4.01. The molecule has 1 unspecified atom stereocenters. The van der Waals surface area contributed by atoms with Crippen LogP contribution < -0.4 is 5.32 Å². The summed E-state index contributed by atoms with van der Waals surface area (Å²) in [6.45, 7) is 3.20. The smallest absolute Gasteiger partial charge is 0.407 e. The summed E-state index contributed by atoms with van der Waals surface area (Å²) in [4.78, 5) is 15.2. The van der Waals surface area contributed by atoms with Gasteiger partial charge in [-0.2, -0.15) is 0 Å². The van der Waals surface area contributed by atoms with E-state index in [9.17, 15) is 4.79 Å². The largest absolute Gasteiger partial charge is 0.445 e. The van der Waals surface area contributed by atoms with Crippen LogP contribution in [0.5, 0.6) is 0 Å². The molecule has 156 valence electrons. The van der Waals surface area contributed by atoms with E-state index in [0.29, 0.717) is 5.92 Å². The Balaban J connectivity index is 1.21. The second-order valence-corrected chi connectivity index (χ2v) is 10.1. The molecule has 3 saturated heterocycles. The topological polar surface area (TPSA) is 41.6 Å². The summed E-state index contributed by atoms with van der Waals surface area (Å²) in [6, 6.07) is 14.7. The van der Waals surface area contributed by atoms with Crippen molar-refractivity contribution in [1.29, 1.82) is 0 Å². The molecule has 0 radical (unpaired) electrons. The number of fused-ring (bicyclic) bond motifs is 4. The van der Waals surface area contributed by atoms with Crippen LogP contribution in [0.15, 0.2) is 42.5 Å². The molecule has 3 heterocycles. The Kier molecular flexibility index (Phi) is 4.36. The Morgan fingerprint density at radius 3 is 2.60 bits per heavy atom. The Labute approximate surface area is 182 Å². The molecule has 4 fully saturated rings. The first kappa shape index (κ1) is 18.7. The average Bonchev–Trinajstić information content (AvgIpc) is 3.46. The van der Waals surface area contributed by atoms with Gasteiger partial charge in [-0.3, -0.25) is 4.90 Å². The lowest BCUT2D eigenvalue weighted by Gasteiger charge is -2.44. The second kappa shape index (κ2) is 7.00. The van der Waals surface area contributed by atoms with Crippen LogP contribution in [-0.2, 0) is 11.2 Å². The van der Waals surface area contributed by atoms with E-state index in [1.807, 2.05) is 18.2 Å². The van der Waals surface area contributed by atoms with Crippen molar-refractivity contribution in [3.8, 4) is 11.1 Å². The number of nitrogens with one attached hydrogen (secondary N) is 1. The molecule has 2 aromatic rings. The maximum Gasteiger partial charge on any atom is 0.407 e. The molecule has 1 spiro atoms. The first-order chi connectivity index (χ1) is 14.6. The number of rotatable bonds is 3. The van der Waals surface area contributed by atoms with Crippen LogP contribution in [0.25, 0.3) is 11.1 Å². The van der Waals surface area contributed by atoms with E-state index in [0.717, 1.165) is 49.5 Å². The van der Waals surface area contributed by atoms with Crippen LogP contribution in [0, 0.1) is 11.3 Å². The fourth-order valence-corrected chi connectivity index (χ4v) is 6.08. The highest BCUT2D eigenvalue weighted by molar-refractivity contribution is 6.30. The van der Waals surface area contributed by atoms with Crippen molar-refractivity contribution in [2.75, 3.05) is 19.6 Å². The number of amides is 1. The Morgan fingerprint density at radius 2 is 1.90 bits per heavy atom. The Bertz CT molecular complexity index is 994. The number of nitrogens with zero attached hydrogens (tertiary/aromatic N) is 1. The van der Waals surface area contributed by atoms with Crippen molar-refractivity contribution in [1.82, 2.24) is 10.2 Å². The minimum absolute atomic E-state index is 0.0498. The van der Waals surface area contributed by atoms with E-state index in [4.69, 9.17) is 16.3 Å². The minimum atomic E-state index is -0.239. The zero-order valence-corrected chi connectivity index (χ0v) is 17.8. The maximum absolute atomic E-state index is 12.8. The van der Waals surface area contributed by atoms with E-state index in [-0.39, 0.29) is 23.7 Å². The van der Waals surface area contributed by atoms with Crippen molar-refractivity contribution in [3.63, 3.8) is 0 Å². The predicted octanol–water partition coefficient (Wildman–Crippen LogP) is 5.20. The molecule has 30 heavy (non-hydrogen) atoms. The zero-order valence-electron chi connectivity index (χ0n) is 17.1. The van der Waals surface area contributed by atoms with Gasteiger partial charge >= 0.3 is 6.09 Å². The van der Waals surface area contributed by atoms with Gasteiger partial charge in [0.1, 0.15) is 6.10 Å². The number of carbonyl (C=O) groups excluding carboxylic acids is 1. The molecule has 4 nitrogen and oxygen atoms in total. The van der Waals surface area contributed by atoms with Gasteiger partial charge in [-0.05, 0) is 90.9 Å². The zero-order chi connectivity index (χ0) is 20.3. The third kappa shape index (κ3) is 3.21. The fourth-order valence-electron chi connectivity index (χ4n) is 5.89. The molecule has 2 atom stereocenters. The lowest BCUT2D eigenvalue weighted by Crippen LogP contribution is -2.52. The third-order valence-electron chi connectivity index (χ3n) is 7.78. The second-order valence-electron chi connectivity index (χ2n) is 9.62. The predicted molar refractivity (Wildman–Crippen MR) is 118 cm³/mol. The van der Waals surface area contributed by atoms with Gasteiger partial charge in [0.15, 0.2) is 0 Å². The SMILES string of the molecule is O=C(NC1c2ccc(-c3cccc(Cl)c3)cc2CC12CC2)O[C@H]1CN2CCC1CC2. The van der Waals surface area contributed by atoms with Gasteiger partial charge in [-0.15, -0.1) is 0 Å². The molecule has 2 aromatic carbocycles. The molecule has 1 N–H and O–H groups in total. The summed E-state index contributed by atoms with van der Waals surface area (Å²) >= 11 is 6.19. The standard InChI is InChI=1S/C25H27ClN2O2/c26-20-3-1-2-17(13-20)18-4-5-21-19(12-18)14-25(8-9-25)23(21)27-24(29)30-22-15-28-10-6-16(22)7-11-28/h1-5,12-13,16,22-23H,6-11,14-15H2,(H,27,29)/t22-,23?/m0/s1. The molecule has 5 heteroatoms. The number of hydrogen-bond donors (Lipinski definition) is 1. The van der Waals surface area contributed by atoms with Crippen LogP contribution in [0.2, 0.25) is 5.02 Å². The lowest BCUT2D eigenvalue weighted by atomic mass is 9.86. The highest BCUT2D eigenvalue weighted by atomic mass is 35.5. The summed E-state index contributed by atoms with van der Waals surface area (Å²) in [7, 11) is 0. The maximum atomic E-state index is 12.8. The molecule has 7 rings (SSSR count). The number of hydrogen-bond acceptors (Lipinski definition) is 3. The molecule has 3 aliphatic heterocycles. The number of halogens is 1. The van der Waals surface area contributed by atoms with Gasteiger partial charge in [0, 0.05) is 11.6 Å². The highest BCUT2D eigenvalue weighted by Gasteiger charge is 2.55.